The fraction of sp³-hybridized carbons (Fsp3) is 0.500. The van der Waals surface area contributed by atoms with Crippen molar-refractivity contribution < 1.29 is 24.3 Å². The number of rotatable bonds is 10. The number of carbonyl (C=O) groups is 4. The average molecular weight is 767 g/mol. The van der Waals surface area contributed by atoms with Crippen LogP contribution >= 0.6 is 67.8 Å². The largest absolute Gasteiger partial charge is 0.480 e. The standard InChI is InChI=1S/C20H24I3N3O5/c1-10(27)5-7-24-17-14(21)13(19(29)26-9-3-4-12(26)20(30)31)15(22)18(16(17)23)25-8-6-11(2)28/h12,24-25H,3-9H2,1-2H3,(H,30,31)/t12-/m0/s1. The zero-order chi connectivity index (χ0) is 23.3. The highest BCUT2D eigenvalue weighted by atomic mass is 127. The molecule has 1 atom stereocenters. The second-order valence-electron chi connectivity index (χ2n) is 7.32. The first kappa shape index (κ1) is 26.5. The van der Waals surface area contributed by atoms with Gasteiger partial charge in [-0.1, -0.05) is 0 Å². The molecular formula is C20H24I3N3O5. The molecule has 1 heterocycles. The van der Waals surface area contributed by atoms with Gasteiger partial charge >= 0.3 is 5.97 Å². The zero-order valence-electron chi connectivity index (χ0n) is 17.2. The number of hydrogen-bond acceptors (Lipinski definition) is 6. The number of halogens is 3. The minimum absolute atomic E-state index is 0.0560. The molecule has 170 valence electrons. The first-order valence-corrected chi connectivity index (χ1v) is 13.0. The number of amides is 1. The Kier molecular flexibility index (Phi) is 10.2. The fourth-order valence-electron chi connectivity index (χ4n) is 3.30. The molecule has 1 aliphatic rings. The van der Waals surface area contributed by atoms with Crippen molar-refractivity contribution in [2.24, 2.45) is 0 Å². The summed E-state index contributed by atoms with van der Waals surface area (Å²) in [6, 6.07) is -0.832. The number of carboxylic acid groups (broad SMARTS) is 1. The van der Waals surface area contributed by atoms with Crippen LogP contribution < -0.4 is 10.6 Å². The number of anilines is 2. The van der Waals surface area contributed by atoms with Gasteiger partial charge in [0, 0.05) is 32.5 Å². The van der Waals surface area contributed by atoms with Gasteiger partial charge in [0.15, 0.2) is 0 Å². The van der Waals surface area contributed by atoms with Gasteiger partial charge < -0.3 is 20.6 Å². The second kappa shape index (κ2) is 12.0. The van der Waals surface area contributed by atoms with E-state index in [-0.39, 0.29) is 17.5 Å². The van der Waals surface area contributed by atoms with E-state index in [1.807, 2.05) is 0 Å². The summed E-state index contributed by atoms with van der Waals surface area (Å²) in [5, 5.41) is 16.1. The Morgan fingerprint density at radius 3 is 1.84 bits per heavy atom. The number of likely N-dealkylation sites (tertiary alicyclic amines) is 1. The van der Waals surface area contributed by atoms with Crippen molar-refractivity contribution in [3.05, 3.63) is 16.3 Å². The molecule has 0 aliphatic carbocycles. The molecule has 1 saturated heterocycles. The maximum Gasteiger partial charge on any atom is 0.326 e. The predicted molar refractivity (Wildman–Crippen MR) is 144 cm³/mol. The normalized spacial score (nSPS) is 15.6. The van der Waals surface area contributed by atoms with Gasteiger partial charge in [-0.15, -0.1) is 0 Å². The van der Waals surface area contributed by atoms with Gasteiger partial charge in [0.25, 0.3) is 5.91 Å². The third-order valence-electron chi connectivity index (χ3n) is 4.89. The Bertz CT molecular complexity index is 860. The van der Waals surface area contributed by atoms with Gasteiger partial charge in [0.1, 0.15) is 17.6 Å². The summed E-state index contributed by atoms with van der Waals surface area (Å²) < 4.78 is 2.23. The van der Waals surface area contributed by atoms with Crippen LogP contribution in [0.15, 0.2) is 0 Å². The van der Waals surface area contributed by atoms with E-state index in [9.17, 15) is 24.3 Å². The molecule has 0 bridgehead atoms. The van der Waals surface area contributed by atoms with Crippen molar-refractivity contribution in [1.82, 2.24) is 4.90 Å². The summed E-state index contributed by atoms with van der Waals surface area (Å²) in [5.41, 5.74) is 1.88. The number of Topliss-reactive ketones (excluding diaryl/α,β-unsaturated/α-hetero) is 2. The van der Waals surface area contributed by atoms with Crippen LogP contribution in [-0.2, 0) is 14.4 Å². The predicted octanol–water partition coefficient (Wildman–Crippen LogP) is 3.97. The van der Waals surface area contributed by atoms with E-state index in [0.29, 0.717) is 58.0 Å². The zero-order valence-corrected chi connectivity index (χ0v) is 23.7. The van der Waals surface area contributed by atoms with Gasteiger partial charge in [-0.3, -0.25) is 14.4 Å². The highest BCUT2D eigenvalue weighted by Gasteiger charge is 2.37. The topological polar surface area (TPSA) is 116 Å². The summed E-state index contributed by atoms with van der Waals surface area (Å²) >= 11 is 6.40. The van der Waals surface area contributed by atoms with E-state index in [1.165, 1.54) is 18.7 Å². The third-order valence-corrected chi connectivity index (χ3v) is 8.12. The number of benzene rings is 1. The molecule has 31 heavy (non-hydrogen) atoms. The van der Waals surface area contributed by atoms with Crippen molar-refractivity contribution in [3.8, 4) is 0 Å². The van der Waals surface area contributed by atoms with Crippen molar-refractivity contribution in [2.45, 2.75) is 45.6 Å². The van der Waals surface area contributed by atoms with Crippen molar-refractivity contribution >= 4 is 103 Å². The smallest absolute Gasteiger partial charge is 0.326 e. The van der Waals surface area contributed by atoms with Crippen molar-refractivity contribution in [1.29, 1.82) is 0 Å². The van der Waals surface area contributed by atoms with Gasteiger partial charge in [-0.2, -0.15) is 0 Å². The third kappa shape index (κ3) is 6.65. The Hall–Kier alpha value is -0.710. The molecule has 11 heteroatoms. The number of carboxylic acids is 1. The van der Waals surface area contributed by atoms with Crippen molar-refractivity contribution in [2.75, 3.05) is 30.3 Å². The first-order chi connectivity index (χ1) is 14.6. The van der Waals surface area contributed by atoms with Crippen molar-refractivity contribution in [3.63, 3.8) is 0 Å². The Morgan fingerprint density at radius 2 is 1.42 bits per heavy atom. The molecule has 0 saturated carbocycles. The molecule has 1 aromatic carbocycles. The monoisotopic (exact) mass is 767 g/mol. The van der Waals surface area contributed by atoms with E-state index in [2.05, 4.69) is 78.4 Å². The van der Waals surface area contributed by atoms with E-state index in [4.69, 9.17) is 0 Å². The van der Waals surface area contributed by atoms with Crippen LogP contribution in [0.1, 0.15) is 49.9 Å². The second-order valence-corrected chi connectivity index (χ2v) is 10.6. The van der Waals surface area contributed by atoms with Crippen LogP contribution in [0.25, 0.3) is 0 Å². The minimum atomic E-state index is -0.999. The maximum atomic E-state index is 13.5. The van der Waals surface area contributed by atoms with Crippen LogP contribution in [0.2, 0.25) is 0 Å². The summed E-state index contributed by atoms with van der Waals surface area (Å²) in [7, 11) is 0. The SMILES string of the molecule is CC(=O)CCNc1c(I)c(NCCC(C)=O)c(I)c(C(=O)N2CCC[C@H]2C(=O)O)c1I. The van der Waals surface area contributed by atoms with Crippen LogP contribution in [0.5, 0.6) is 0 Å². The molecule has 0 unspecified atom stereocenters. The summed E-state index contributed by atoms with van der Waals surface area (Å²) in [5.74, 6) is -1.21. The number of nitrogens with zero attached hydrogens (tertiary/aromatic N) is 1. The van der Waals surface area contributed by atoms with Gasteiger partial charge in [0.05, 0.1) is 27.6 Å². The Morgan fingerprint density at radius 1 is 0.935 bits per heavy atom. The molecular weight excluding hydrogens is 743 g/mol. The quantitative estimate of drug-likeness (QED) is 0.309. The molecule has 2 rings (SSSR count). The molecule has 0 radical (unpaired) electrons. The van der Waals surface area contributed by atoms with E-state index < -0.39 is 12.0 Å². The van der Waals surface area contributed by atoms with Crippen LogP contribution in [-0.4, -0.2) is 59.1 Å². The minimum Gasteiger partial charge on any atom is -0.480 e. The highest BCUT2D eigenvalue weighted by molar-refractivity contribution is 14.1. The summed E-state index contributed by atoms with van der Waals surface area (Å²) in [6.45, 7) is 4.28. The fourth-order valence-corrected chi connectivity index (χ4v) is 7.69. The van der Waals surface area contributed by atoms with Gasteiger partial charge in [-0.25, -0.2) is 4.79 Å². The van der Waals surface area contributed by atoms with Gasteiger partial charge in [0.2, 0.25) is 0 Å². The number of carbonyl (C=O) groups excluding carboxylic acids is 3. The molecule has 0 aromatic heterocycles. The molecule has 8 nitrogen and oxygen atoms in total. The lowest BCUT2D eigenvalue weighted by Gasteiger charge is -2.26. The maximum absolute atomic E-state index is 13.5. The number of hydrogen-bond donors (Lipinski definition) is 3. The summed E-state index contributed by atoms with van der Waals surface area (Å²) in [4.78, 5) is 49.3. The first-order valence-electron chi connectivity index (χ1n) is 9.77. The van der Waals surface area contributed by atoms with Crippen LogP contribution in [0.4, 0.5) is 11.4 Å². The van der Waals surface area contributed by atoms with Gasteiger partial charge in [-0.05, 0) is 94.5 Å². The number of aliphatic carboxylic acids is 1. The van der Waals surface area contributed by atoms with Crippen LogP contribution in [0.3, 0.4) is 0 Å². The lowest BCUT2D eigenvalue weighted by Crippen LogP contribution is -2.41. The lowest BCUT2D eigenvalue weighted by molar-refractivity contribution is -0.141. The van der Waals surface area contributed by atoms with E-state index >= 15 is 0 Å². The van der Waals surface area contributed by atoms with Crippen LogP contribution in [0, 0.1) is 10.7 Å². The Balaban J connectivity index is 2.51. The highest BCUT2D eigenvalue weighted by Crippen LogP contribution is 2.40. The molecule has 3 N–H and O–H groups in total. The average Bonchev–Trinajstić information content (AvgIpc) is 3.17. The molecule has 1 fully saturated rings. The lowest BCUT2D eigenvalue weighted by atomic mass is 10.1. The molecule has 1 aromatic rings. The molecule has 1 aliphatic heterocycles. The number of nitrogens with one attached hydrogen (secondary N) is 2. The Labute approximate surface area is 222 Å². The molecule has 0 spiro atoms. The molecule has 1 amide bonds. The van der Waals surface area contributed by atoms with E-state index in [0.717, 1.165) is 14.9 Å². The number of ketones is 2. The summed E-state index contributed by atoms with van der Waals surface area (Å²) in [6.07, 6.45) is 1.78. The van der Waals surface area contributed by atoms with E-state index in [1.54, 1.807) is 0 Å².